The third kappa shape index (κ3) is 5.53. The smallest absolute Gasteiger partial charge is 0.0652 e. The van der Waals surface area contributed by atoms with Gasteiger partial charge in [-0.05, 0) is 100 Å². The number of hydrogen-bond acceptors (Lipinski definition) is 0. The standard InChI is InChI=1S/C60H39N3/c1-2-15-40(16-3-1)42-17-14-18-43(37-42)41-29-32-45(33-30-41)61-56-26-11-8-23-51(56)53-39-46(34-36-59(53)61)62-55-25-10-5-22-50(55)52-35-31-44(38-60(52)62)47-19-4-9-24-54(47)63-57-27-12-6-20-48(57)49-21-7-13-28-58(49)63/h1-39H/i1D,2D,3D,4D,5D,6D,7D,8D,9D,10D,11D,12D,13D,14D,15D,16D,17D,18D,19D,20D,21D,22D,23D,24D,25D,26D,27D,28D,29D,30D,31D,32D,33D,34D,35D,37D,38D,39D. The van der Waals surface area contributed by atoms with Crippen LogP contribution in [-0.4, -0.2) is 13.7 Å². The lowest BCUT2D eigenvalue weighted by Crippen LogP contribution is -1.98. The molecule has 0 N–H and O–H groups in total. The highest BCUT2D eigenvalue weighted by atomic mass is 15.0. The minimum Gasteiger partial charge on any atom is -0.309 e. The van der Waals surface area contributed by atoms with Crippen LogP contribution in [0.15, 0.2) is 236 Å². The molecule has 0 spiro atoms. The quantitative estimate of drug-likeness (QED) is 0.158. The first kappa shape index (κ1) is 14.3. The van der Waals surface area contributed by atoms with Crippen LogP contribution in [0.1, 0.15) is 52.1 Å². The van der Waals surface area contributed by atoms with Crippen molar-refractivity contribution in [1.82, 2.24) is 13.7 Å². The van der Waals surface area contributed by atoms with Crippen molar-refractivity contribution in [3.63, 3.8) is 0 Å². The van der Waals surface area contributed by atoms with Crippen molar-refractivity contribution in [3.8, 4) is 50.4 Å². The van der Waals surface area contributed by atoms with Crippen molar-refractivity contribution in [2.75, 3.05) is 0 Å². The summed E-state index contributed by atoms with van der Waals surface area (Å²) >= 11 is 0. The predicted octanol–water partition coefficient (Wildman–Crippen LogP) is 16.0. The highest BCUT2D eigenvalue weighted by molar-refractivity contribution is 6.13. The SMILES string of the molecule is [2H]c1cc2c(c([2H])c1-n1c3c([2H])c([2H])c([2H])c([2H])c3c3c([2H])c([2H])c(-c4c([2H])c([2H])c([2H])c([2H])c4-n4c5c([2H])c([2H])c([2H])c([2H])c5c5c([2H])c([2H])c([2H])c([2H])c54)c([2H])c31)c1c([2H])c([2H])c([2H])c([2H])c1n2-c1c([2H])c([2H])c(-c2c([2H])c([2H])c([2H])c(-c3c([2H])c([2H])c([2H])c([2H])c3[2H])c2[2H])c([2H])c1[2H]. The Kier molecular flexibility index (Phi) is 3.21. The maximum Gasteiger partial charge on any atom is 0.0652 e. The number of nitrogens with zero attached hydrogens (tertiary/aromatic N) is 3. The maximum absolute atomic E-state index is 10.3. The molecule has 0 saturated heterocycles. The Hall–Kier alpha value is -8.40. The van der Waals surface area contributed by atoms with Crippen LogP contribution in [0.3, 0.4) is 0 Å². The molecule has 13 rings (SSSR count). The Labute approximate surface area is 418 Å². The zero-order chi connectivity index (χ0) is 74.5. The van der Waals surface area contributed by atoms with Crippen LogP contribution < -0.4 is 0 Å². The van der Waals surface area contributed by atoms with Crippen molar-refractivity contribution in [2.24, 2.45) is 0 Å². The van der Waals surface area contributed by atoms with E-state index in [0.29, 0.717) is 9.13 Å². The van der Waals surface area contributed by atoms with E-state index in [1.807, 2.05) is 0 Å². The number of aromatic nitrogens is 3. The van der Waals surface area contributed by atoms with E-state index in [4.69, 9.17) is 27.4 Å². The largest absolute Gasteiger partial charge is 0.309 e. The number of fused-ring (bicyclic) bond motifs is 9. The fraction of sp³-hybridized carbons (Fsp3) is 0. The van der Waals surface area contributed by atoms with Gasteiger partial charge in [-0.1, -0.05) is 163 Å². The average molecular weight is 840 g/mol. The van der Waals surface area contributed by atoms with Gasteiger partial charge < -0.3 is 13.7 Å². The van der Waals surface area contributed by atoms with E-state index >= 15 is 0 Å². The van der Waals surface area contributed by atoms with Crippen LogP contribution >= 0.6 is 0 Å². The van der Waals surface area contributed by atoms with Crippen LogP contribution in [0.2, 0.25) is 0 Å². The first-order chi connectivity index (χ1) is 47.1. The van der Waals surface area contributed by atoms with Gasteiger partial charge in [0.25, 0.3) is 0 Å². The molecule has 0 amide bonds. The highest BCUT2D eigenvalue weighted by Gasteiger charge is 2.19. The lowest BCUT2D eigenvalue weighted by molar-refractivity contribution is 1.16. The van der Waals surface area contributed by atoms with Crippen LogP contribution in [0.4, 0.5) is 0 Å². The second-order valence-corrected chi connectivity index (χ2v) is 13.6. The van der Waals surface area contributed by atoms with Crippen LogP contribution in [0.25, 0.3) is 116 Å². The summed E-state index contributed by atoms with van der Waals surface area (Å²) in [5.74, 6) is 0. The van der Waals surface area contributed by atoms with E-state index in [1.165, 1.54) is 0 Å². The van der Waals surface area contributed by atoms with E-state index in [2.05, 4.69) is 0 Å². The molecule has 0 aliphatic carbocycles. The lowest BCUT2D eigenvalue weighted by atomic mass is 9.99. The van der Waals surface area contributed by atoms with E-state index in [0.717, 1.165) is 10.6 Å². The molecule has 0 atom stereocenters. The molecule has 3 nitrogen and oxygen atoms in total. The second kappa shape index (κ2) is 14.1. The summed E-state index contributed by atoms with van der Waals surface area (Å²) in [5, 5.41) is -3.84. The summed E-state index contributed by atoms with van der Waals surface area (Å²) in [5.41, 5.74) is -12.4. The fourth-order valence-corrected chi connectivity index (χ4v) is 7.59. The Balaban J connectivity index is 1.19. The molecule has 3 aromatic heterocycles. The molecule has 3 heteroatoms. The van der Waals surface area contributed by atoms with Gasteiger partial charge in [-0.3, -0.25) is 0 Å². The fourth-order valence-electron chi connectivity index (χ4n) is 7.59. The molecule has 0 aliphatic rings. The molecule has 63 heavy (non-hydrogen) atoms. The van der Waals surface area contributed by atoms with Gasteiger partial charge in [0.05, 0.1) is 90.9 Å². The van der Waals surface area contributed by atoms with Crippen LogP contribution in [0, 0.1) is 0 Å². The van der Waals surface area contributed by atoms with E-state index in [9.17, 15) is 24.7 Å². The van der Waals surface area contributed by atoms with Crippen molar-refractivity contribution >= 4 is 65.4 Å². The van der Waals surface area contributed by atoms with Gasteiger partial charge in [-0.25, -0.2) is 0 Å². The van der Waals surface area contributed by atoms with Gasteiger partial charge in [-0.15, -0.1) is 0 Å². The minimum absolute atomic E-state index is 0.576. The van der Waals surface area contributed by atoms with Gasteiger partial charge in [0, 0.05) is 49.3 Å². The Morgan fingerprint density at radius 3 is 1.38 bits per heavy atom. The van der Waals surface area contributed by atoms with Gasteiger partial charge in [0.2, 0.25) is 0 Å². The summed E-state index contributed by atoms with van der Waals surface area (Å²) in [6.45, 7) is 0. The van der Waals surface area contributed by atoms with E-state index in [1.54, 1.807) is 0 Å². The first-order valence-corrected chi connectivity index (χ1v) is 18.6. The molecule has 3 heterocycles. The number of benzene rings is 10. The number of hydrogen-bond donors (Lipinski definition) is 0. The van der Waals surface area contributed by atoms with Crippen molar-refractivity contribution in [1.29, 1.82) is 0 Å². The van der Waals surface area contributed by atoms with Crippen LogP contribution in [0.5, 0.6) is 0 Å². The summed E-state index contributed by atoms with van der Waals surface area (Å²) < 4.78 is 350. The van der Waals surface area contributed by atoms with Crippen LogP contribution in [-0.2, 0) is 0 Å². The molecule has 294 valence electrons. The molecule has 0 unspecified atom stereocenters. The molecule has 0 radical (unpaired) electrons. The summed E-state index contributed by atoms with van der Waals surface area (Å²) in [7, 11) is 0. The molecule has 13 aromatic rings. The normalized spacial score (nSPS) is 20.3. The summed E-state index contributed by atoms with van der Waals surface area (Å²) in [4.78, 5) is 0. The van der Waals surface area contributed by atoms with E-state index in [-0.39, 0.29) is 0 Å². The van der Waals surface area contributed by atoms with E-state index < -0.39 is 345 Å². The Bertz CT molecular complexity index is 6040. The first-order valence-electron chi connectivity index (χ1n) is 37.6. The predicted molar refractivity (Wildman–Crippen MR) is 266 cm³/mol. The molecular formula is C60H39N3. The third-order valence-electron chi connectivity index (χ3n) is 10.2. The second-order valence-electron chi connectivity index (χ2n) is 13.6. The third-order valence-corrected chi connectivity index (χ3v) is 10.2. The maximum atomic E-state index is 10.3. The summed E-state index contributed by atoms with van der Waals surface area (Å²) in [6, 6.07) is -37.6. The monoisotopic (exact) mass is 840 g/mol. The zero-order valence-electron chi connectivity index (χ0n) is 69.4. The molecule has 0 fully saturated rings. The average Bonchev–Trinajstić information content (AvgIpc) is 1.51. The lowest BCUT2D eigenvalue weighted by Gasteiger charge is -2.15. The Morgan fingerprint density at radius 1 is 0.254 bits per heavy atom. The number of para-hydroxylation sites is 5. The number of rotatable bonds is 6. The molecule has 0 bridgehead atoms. The molecule has 10 aromatic carbocycles. The van der Waals surface area contributed by atoms with Gasteiger partial charge in [0.15, 0.2) is 0 Å². The molecular weight excluding hydrogens is 763 g/mol. The topological polar surface area (TPSA) is 14.8 Å². The molecule has 0 aliphatic heterocycles. The van der Waals surface area contributed by atoms with Crippen molar-refractivity contribution < 1.29 is 52.1 Å². The minimum atomic E-state index is -1.15. The van der Waals surface area contributed by atoms with Crippen molar-refractivity contribution in [2.45, 2.75) is 0 Å². The van der Waals surface area contributed by atoms with Gasteiger partial charge in [0.1, 0.15) is 0 Å². The van der Waals surface area contributed by atoms with Gasteiger partial charge in [-0.2, -0.15) is 0 Å². The summed E-state index contributed by atoms with van der Waals surface area (Å²) in [6.07, 6.45) is 0. The van der Waals surface area contributed by atoms with Crippen molar-refractivity contribution in [3.05, 3.63) is 236 Å². The highest BCUT2D eigenvalue weighted by Crippen LogP contribution is 2.41. The molecule has 0 saturated carbocycles. The van der Waals surface area contributed by atoms with Gasteiger partial charge >= 0.3 is 0 Å². The Morgan fingerprint density at radius 2 is 0.730 bits per heavy atom. The zero-order valence-corrected chi connectivity index (χ0v) is 31.4.